The Morgan fingerprint density at radius 1 is 1.17 bits per heavy atom. The van der Waals surface area contributed by atoms with Gasteiger partial charge in [0.1, 0.15) is 0 Å². The molecule has 0 saturated carbocycles. The van der Waals surface area contributed by atoms with Crippen molar-refractivity contribution in [1.29, 1.82) is 0 Å². The molecule has 1 aliphatic heterocycles. The van der Waals surface area contributed by atoms with E-state index in [2.05, 4.69) is 35.3 Å². The van der Waals surface area contributed by atoms with E-state index in [9.17, 15) is 4.79 Å². The second kappa shape index (κ2) is 6.20. The SMILES string of the molecule is O=C(Cc1cccs1)N1CCC(c2cc3ccccc3[nH]2)CC1. The molecule has 1 N–H and O–H groups in total. The standard InChI is InChI=1S/C19H20N2OS/c22-19(13-16-5-3-11-23-16)21-9-7-14(8-10-21)18-12-15-4-1-2-6-17(15)20-18/h1-6,11-12,14,20H,7-10,13H2. The Morgan fingerprint density at radius 2 is 2.00 bits per heavy atom. The summed E-state index contributed by atoms with van der Waals surface area (Å²) in [5, 5.41) is 3.31. The second-order valence-electron chi connectivity index (χ2n) is 6.22. The number of piperidine rings is 1. The number of aromatic amines is 1. The van der Waals surface area contributed by atoms with E-state index in [1.807, 2.05) is 22.4 Å². The lowest BCUT2D eigenvalue weighted by Gasteiger charge is -2.31. The Balaban J connectivity index is 1.39. The number of thiophene rings is 1. The van der Waals surface area contributed by atoms with Crippen molar-refractivity contribution in [2.45, 2.75) is 25.2 Å². The second-order valence-corrected chi connectivity index (χ2v) is 7.26. The lowest BCUT2D eigenvalue weighted by molar-refractivity contribution is -0.131. The van der Waals surface area contributed by atoms with Crippen LogP contribution in [0.5, 0.6) is 0 Å². The number of para-hydroxylation sites is 1. The van der Waals surface area contributed by atoms with E-state index in [1.165, 1.54) is 16.6 Å². The van der Waals surface area contributed by atoms with Crippen molar-refractivity contribution >= 4 is 28.1 Å². The molecule has 0 unspecified atom stereocenters. The lowest BCUT2D eigenvalue weighted by Crippen LogP contribution is -2.38. The van der Waals surface area contributed by atoms with Crippen molar-refractivity contribution in [3.05, 3.63) is 58.4 Å². The first-order valence-electron chi connectivity index (χ1n) is 8.17. The maximum absolute atomic E-state index is 12.4. The summed E-state index contributed by atoms with van der Waals surface area (Å²) in [4.78, 5) is 19.1. The lowest BCUT2D eigenvalue weighted by atomic mass is 9.93. The van der Waals surface area contributed by atoms with Gasteiger partial charge in [-0.05, 0) is 41.8 Å². The molecule has 4 rings (SSSR count). The largest absolute Gasteiger partial charge is 0.358 e. The highest BCUT2D eigenvalue weighted by molar-refractivity contribution is 7.10. The number of aromatic nitrogens is 1. The summed E-state index contributed by atoms with van der Waals surface area (Å²) in [5.74, 6) is 0.802. The zero-order valence-electron chi connectivity index (χ0n) is 13.0. The molecule has 0 spiro atoms. The van der Waals surface area contributed by atoms with E-state index in [4.69, 9.17) is 0 Å². The molecule has 3 aromatic rings. The molecule has 0 bridgehead atoms. The minimum atomic E-state index is 0.266. The van der Waals surface area contributed by atoms with Crippen LogP contribution in [0.15, 0.2) is 47.8 Å². The highest BCUT2D eigenvalue weighted by Gasteiger charge is 2.24. The first-order valence-corrected chi connectivity index (χ1v) is 9.05. The summed E-state index contributed by atoms with van der Waals surface area (Å²) < 4.78 is 0. The van der Waals surface area contributed by atoms with Gasteiger partial charge < -0.3 is 9.88 Å². The van der Waals surface area contributed by atoms with Gasteiger partial charge in [0.2, 0.25) is 5.91 Å². The van der Waals surface area contributed by atoms with Crippen LogP contribution in [0.3, 0.4) is 0 Å². The number of H-pyrrole nitrogens is 1. The monoisotopic (exact) mass is 324 g/mol. The number of likely N-dealkylation sites (tertiary alicyclic amines) is 1. The molecule has 0 aliphatic carbocycles. The molecule has 1 aliphatic rings. The van der Waals surface area contributed by atoms with Gasteiger partial charge in [0, 0.05) is 35.1 Å². The van der Waals surface area contributed by atoms with Crippen molar-refractivity contribution in [2.24, 2.45) is 0 Å². The normalized spacial score (nSPS) is 16.1. The molecular formula is C19H20N2OS. The first kappa shape index (κ1) is 14.5. The smallest absolute Gasteiger partial charge is 0.227 e. The molecule has 1 amide bonds. The quantitative estimate of drug-likeness (QED) is 0.771. The van der Waals surface area contributed by atoms with Crippen LogP contribution in [0.4, 0.5) is 0 Å². The van der Waals surface area contributed by atoms with E-state index < -0.39 is 0 Å². The highest BCUT2D eigenvalue weighted by Crippen LogP contribution is 2.30. The zero-order valence-corrected chi connectivity index (χ0v) is 13.8. The molecule has 3 heterocycles. The molecule has 3 nitrogen and oxygen atoms in total. The Labute approximate surface area is 139 Å². The van der Waals surface area contributed by atoms with E-state index >= 15 is 0 Å². The van der Waals surface area contributed by atoms with Gasteiger partial charge in [0.15, 0.2) is 0 Å². The van der Waals surface area contributed by atoms with Crippen LogP contribution >= 0.6 is 11.3 Å². The molecule has 1 saturated heterocycles. The predicted octanol–water partition coefficient (Wildman–Crippen LogP) is 4.18. The number of fused-ring (bicyclic) bond motifs is 1. The predicted molar refractivity (Wildman–Crippen MR) is 94.9 cm³/mol. The zero-order chi connectivity index (χ0) is 15.6. The number of amides is 1. The van der Waals surface area contributed by atoms with Crippen LogP contribution in [-0.4, -0.2) is 28.9 Å². The number of benzene rings is 1. The van der Waals surface area contributed by atoms with E-state index in [0.717, 1.165) is 30.8 Å². The third kappa shape index (κ3) is 3.04. The van der Waals surface area contributed by atoms with Gasteiger partial charge in [-0.2, -0.15) is 0 Å². The average Bonchev–Trinajstić information content (AvgIpc) is 3.24. The van der Waals surface area contributed by atoms with Gasteiger partial charge in [-0.3, -0.25) is 4.79 Å². The average molecular weight is 324 g/mol. The van der Waals surface area contributed by atoms with Crippen molar-refractivity contribution in [1.82, 2.24) is 9.88 Å². The summed E-state index contributed by atoms with van der Waals surface area (Å²) in [6.45, 7) is 1.73. The van der Waals surface area contributed by atoms with Gasteiger partial charge in [0.05, 0.1) is 6.42 Å². The van der Waals surface area contributed by atoms with E-state index in [1.54, 1.807) is 11.3 Å². The summed E-state index contributed by atoms with van der Waals surface area (Å²) in [6, 6.07) is 14.7. The van der Waals surface area contributed by atoms with E-state index in [-0.39, 0.29) is 5.91 Å². The number of rotatable bonds is 3. The number of nitrogens with zero attached hydrogens (tertiary/aromatic N) is 1. The molecule has 118 valence electrons. The Hall–Kier alpha value is -2.07. The number of hydrogen-bond donors (Lipinski definition) is 1. The minimum absolute atomic E-state index is 0.266. The summed E-state index contributed by atoms with van der Waals surface area (Å²) in [6.07, 6.45) is 2.64. The van der Waals surface area contributed by atoms with Crippen LogP contribution in [0.2, 0.25) is 0 Å². The van der Waals surface area contributed by atoms with Crippen molar-refractivity contribution in [2.75, 3.05) is 13.1 Å². The summed E-state index contributed by atoms with van der Waals surface area (Å²) >= 11 is 1.66. The maximum Gasteiger partial charge on any atom is 0.227 e. The Bertz CT molecular complexity index is 765. The highest BCUT2D eigenvalue weighted by atomic mass is 32.1. The third-order valence-corrected chi connectivity index (χ3v) is 5.62. The number of carbonyl (C=O) groups is 1. The van der Waals surface area contributed by atoms with Crippen LogP contribution in [0, 0.1) is 0 Å². The molecule has 2 aromatic heterocycles. The number of hydrogen-bond acceptors (Lipinski definition) is 2. The summed E-state index contributed by atoms with van der Waals surface area (Å²) in [5.41, 5.74) is 2.52. The fraction of sp³-hybridized carbons (Fsp3) is 0.316. The van der Waals surface area contributed by atoms with Gasteiger partial charge in [-0.1, -0.05) is 24.3 Å². The van der Waals surface area contributed by atoms with Gasteiger partial charge in [-0.15, -0.1) is 11.3 Å². The Morgan fingerprint density at radius 3 is 2.74 bits per heavy atom. The van der Waals surface area contributed by atoms with Crippen molar-refractivity contribution in [3.8, 4) is 0 Å². The van der Waals surface area contributed by atoms with Crippen LogP contribution in [0.25, 0.3) is 10.9 Å². The molecule has 1 fully saturated rings. The van der Waals surface area contributed by atoms with Crippen LogP contribution < -0.4 is 0 Å². The maximum atomic E-state index is 12.4. The molecular weight excluding hydrogens is 304 g/mol. The third-order valence-electron chi connectivity index (χ3n) is 4.74. The van der Waals surface area contributed by atoms with Crippen LogP contribution in [0.1, 0.15) is 29.3 Å². The first-order chi connectivity index (χ1) is 11.3. The van der Waals surface area contributed by atoms with Crippen molar-refractivity contribution < 1.29 is 4.79 Å². The Kier molecular flexibility index (Phi) is 3.92. The number of carbonyl (C=O) groups excluding carboxylic acids is 1. The van der Waals surface area contributed by atoms with Gasteiger partial charge in [-0.25, -0.2) is 0 Å². The fourth-order valence-electron chi connectivity index (χ4n) is 3.43. The molecule has 23 heavy (non-hydrogen) atoms. The molecule has 4 heteroatoms. The molecule has 1 aromatic carbocycles. The number of nitrogens with one attached hydrogen (secondary N) is 1. The van der Waals surface area contributed by atoms with Gasteiger partial charge in [0.25, 0.3) is 0 Å². The molecule has 0 radical (unpaired) electrons. The van der Waals surface area contributed by atoms with Gasteiger partial charge >= 0.3 is 0 Å². The van der Waals surface area contributed by atoms with E-state index in [0.29, 0.717) is 12.3 Å². The minimum Gasteiger partial charge on any atom is -0.358 e. The fourth-order valence-corrected chi connectivity index (χ4v) is 4.13. The molecule has 0 atom stereocenters. The van der Waals surface area contributed by atoms with Crippen molar-refractivity contribution in [3.63, 3.8) is 0 Å². The van der Waals surface area contributed by atoms with Crippen LogP contribution in [-0.2, 0) is 11.2 Å². The topological polar surface area (TPSA) is 36.1 Å². The summed E-state index contributed by atoms with van der Waals surface area (Å²) in [7, 11) is 0.